The number of thioether (sulfide) groups is 1. The van der Waals surface area contributed by atoms with Crippen molar-refractivity contribution in [1.82, 2.24) is 25.5 Å². The Hall–Kier alpha value is -2.87. The number of benzene rings is 2. The maximum atomic E-state index is 12.3. The van der Waals surface area contributed by atoms with Gasteiger partial charge in [-0.15, -0.1) is 5.10 Å². The van der Waals surface area contributed by atoms with E-state index in [0.717, 1.165) is 11.3 Å². The summed E-state index contributed by atoms with van der Waals surface area (Å²) >= 11 is 1.29. The van der Waals surface area contributed by atoms with Crippen LogP contribution < -0.4 is 10.1 Å². The third-order valence-corrected chi connectivity index (χ3v) is 5.23. The quantitative estimate of drug-likeness (QED) is 0.589. The van der Waals surface area contributed by atoms with E-state index in [1.165, 1.54) is 17.3 Å². The number of rotatable bonds is 8. The number of tetrazole rings is 1. The summed E-state index contributed by atoms with van der Waals surface area (Å²) in [6.07, 6.45) is 0. The van der Waals surface area contributed by atoms with Crippen LogP contribution in [0.5, 0.6) is 5.75 Å². The van der Waals surface area contributed by atoms with Crippen molar-refractivity contribution >= 4 is 17.7 Å². The van der Waals surface area contributed by atoms with E-state index in [9.17, 15) is 4.79 Å². The molecule has 1 atom stereocenters. The summed E-state index contributed by atoms with van der Waals surface area (Å²) in [7, 11) is 1.60. The zero-order chi connectivity index (χ0) is 19.9. The van der Waals surface area contributed by atoms with Crippen molar-refractivity contribution in [3.05, 3.63) is 59.7 Å². The van der Waals surface area contributed by atoms with Crippen molar-refractivity contribution < 1.29 is 9.53 Å². The minimum atomic E-state index is -0.0569. The summed E-state index contributed by atoms with van der Waals surface area (Å²) < 4.78 is 7.00. The first-order valence-corrected chi connectivity index (χ1v) is 9.95. The molecule has 0 radical (unpaired) electrons. The number of hydrogen-bond donors (Lipinski definition) is 1. The van der Waals surface area contributed by atoms with Gasteiger partial charge in [0.15, 0.2) is 0 Å². The molecule has 0 saturated carbocycles. The van der Waals surface area contributed by atoms with Crippen LogP contribution in [0.1, 0.15) is 24.0 Å². The lowest BCUT2D eigenvalue weighted by Gasteiger charge is -2.13. The van der Waals surface area contributed by atoms with Crippen LogP contribution in [-0.4, -0.2) is 45.5 Å². The van der Waals surface area contributed by atoms with Crippen LogP contribution in [-0.2, 0) is 4.79 Å². The summed E-state index contributed by atoms with van der Waals surface area (Å²) in [5.41, 5.74) is 3.01. The fraction of sp³-hybridized carbons (Fsp3) is 0.300. The highest BCUT2D eigenvalue weighted by Gasteiger charge is 2.15. The van der Waals surface area contributed by atoms with E-state index in [4.69, 9.17) is 4.74 Å². The Morgan fingerprint density at radius 3 is 2.79 bits per heavy atom. The first-order valence-electron chi connectivity index (χ1n) is 8.96. The van der Waals surface area contributed by atoms with Crippen LogP contribution in [0.15, 0.2) is 53.7 Å². The van der Waals surface area contributed by atoms with E-state index in [1.54, 1.807) is 11.8 Å². The van der Waals surface area contributed by atoms with Crippen LogP contribution in [0, 0.1) is 6.92 Å². The lowest BCUT2D eigenvalue weighted by atomic mass is 10.0. The SMILES string of the molecule is COc1ccc(C)cc1-n1nnnc1SCC(=O)NC[C@H](C)c1ccccc1. The molecular formula is C20H23N5O2S. The molecule has 7 nitrogen and oxygen atoms in total. The van der Waals surface area contributed by atoms with Crippen LogP contribution in [0.3, 0.4) is 0 Å². The molecule has 0 unspecified atom stereocenters. The third kappa shape index (κ3) is 4.89. The summed E-state index contributed by atoms with van der Waals surface area (Å²) in [6, 6.07) is 15.9. The van der Waals surface area contributed by atoms with Gasteiger partial charge in [0.1, 0.15) is 11.4 Å². The number of hydrogen-bond acceptors (Lipinski definition) is 6. The smallest absolute Gasteiger partial charge is 0.230 e. The predicted molar refractivity (Wildman–Crippen MR) is 109 cm³/mol. The van der Waals surface area contributed by atoms with Crippen molar-refractivity contribution in [2.24, 2.45) is 0 Å². The average molecular weight is 398 g/mol. The second-order valence-corrected chi connectivity index (χ2v) is 7.40. The summed E-state index contributed by atoms with van der Waals surface area (Å²) in [6.45, 7) is 4.66. The molecule has 1 heterocycles. The van der Waals surface area contributed by atoms with E-state index in [1.807, 2.05) is 43.3 Å². The Kier molecular flexibility index (Phi) is 6.65. The highest BCUT2D eigenvalue weighted by atomic mass is 32.2. The Morgan fingerprint density at radius 2 is 2.04 bits per heavy atom. The van der Waals surface area contributed by atoms with Gasteiger partial charge in [-0.1, -0.05) is 55.1 Å². The average Bonchev–Trinajstić information content (AvgIpc) is 3.19. The van der Waals surface area contributed by atoms with Crippen molar-refractivity contribution in [3.63, 3.8) is 0 Å². The summed E-state index contributed by atoms with van der Waals surface area (Å²) in [5.74, 6) is 1.09. The molecule has 1 aromatic heterocycles. The van der Waals surface area contributed by atoms with E-state index >= 15 is 0 Å². The molecule has 0 spiro atoms. The largest absolute Gasteiger partial charge is 0.494 e. The molecule has 1 N–H and O–H groups in total. The molecule has 0 aliphatic rings. The lowest BCUT2D eigenvalue weighted by molar-refractivity contribution is -0.118. The molecule has 0 bridgehead atoms. The normalized spacial score (nSPS) is 11.8. The highest BCUT2D eigenvalue weighted by Crippen LogP contribution is 2.26. The van der Waals surface area contributed by atoms with Crippen molar-refractivity contribution in [3.8, 4) is 11.4 Å². The molecule has 0 aliphatic heterocycles. The van der Waals surface area contributed by atoms with Gasteiger partial charge < -0.3 is 10.1 Å². The number of nitrogens with zero attached hydrogens (tertiary/aromatic N) is 4. The standard InChI is InChI=1S/C20H23N5O2S/c1-14-9-10-18(27-3)17(11-14)25-20(22-23-24-25)28-13-19(26)21-12-15(2)16-7-5-4-6-8-16/h4-11,15H,12-13H2,1-3H3,(H,21,26)/t15-/m0/s1. The summed E-state index contributed by atoms with van der Waals surface area (Å²) in [5, 5.41) is 15.4. The maximum Gasteiger partial charge on any atom is 0.230 e. The topological polar surface area (TPSA) is 81.9 Å². The molecule has 2 aromatic carbocycles. The van der Waals surface area contributed by atoms with E-state index in [2.05, 4.69) is 39.9 Å². The Labute approximate surface area is 168 Å². The number of nitrogens with one attached hydrogen (secondary N) is 1. The third-order valence-electron chi connectivity index (χ3n) is 4.31. The Balaban J connectivity index is 1.60. The lowest BCUT2D eigenvalue weighted by Crippen LogP contribution is -2.29. The van der Waals surface area contributed by atoms with E-state index < -0.39 is 0 Å². The number of aryl methyl sites for hydroxylation is 1. The van der Waals surface area contributed by atoms with Gasteiger partial charge in [-0.25, -0.2) is 0 Å². The minimum absolute atomic E-state index is 0.0569. The molecule has 0 aliphatic carbocycles. The number of ether oxygens (including phenoxy) is 1. The fourth-order valence-corrected chi connectivity index (χ4v) is 3.45. The molecule has 0 saturated heterocycles. The molecule has 8 heteroatoms. The van der Waals surface area contributed by atoms with Gasteiger partial charge in [-0.2, -0.15) is 4.68 Å². The molecule has 3 rings (SSSR count). The zero-order valence-electron chi connectivity index (χ0n) is 16.1. The van der Waals surface area contributed by atoms with Gasteiger partial charge in [-0.05, 0) is 46.5 Å². The number of amides is 1. The summed E-state index contributed by atoms with van der Waals surface area (Å²) in [4.78, 5) is 12.3. The molecule has 28 heavy (non-hydrogen) atoms. The fourth-order valence-electron chi connectivity index (χ4n) is 2.73. The van der Waals surface area contributed by atoms with Crippen LogP contribution in [0.25, 0.3) is 5.69 Å². The van der Waals surface area contributed by atoms with Gasteiger partial charge >= 0.3 is 0 Å². The van der Waals surface area contributed by atoms with Crippen LogP contribution in [0.4, 0.5) is 0 Å². The first-order chi connectivity index (χ1) is 13.6. The molecule has 0 fully saturated rings. The number of aromatic nitrogens is 4. The van der Waals surface area contributed by atoms with E-state index in [0.29, 0.717) is 17.5 Å². The van der Waals surface area contributed by atoms with Gasteiger partial charge in [0.2, 0.25) is 11.1 Å². The van der Waals surface area contributed by atoms with Crippen LogP contribution >= 0.6 is 11.8 Å². The number of methoxy groups -OCH3 is 1. The number of carbonyl (C=O) groups excluding carboxylic acids is 1. The first kappa shape index (κ1) is 19.9. The van der Waals surface area contributed by atoms with Gasteiger partial charge in [0.05, 0.1) is 12.9 Å². The van der Waals surface area contributed by atoms with Gasteiger partial charge in [0, 0.05) is 6.54 Å². The number of carbonyl (C=O) groups is 1. The van der Waals surface area contributed by atoms with E-state index in [-0.39, 0.29) is 17.6 Å². The Morgan fingerprint density at radius 1 is 1.25 bits per heavy atom. The molecule has 3 aromatic rings. The second kappa shape index (κ2) is 9.36. The molecular weight excluding hydrogens is 374 g/mol. The zero-order valence-corrected chi connectivity index (χ0v) is 16.9. The molecule has 146 valence electrons. The minimum Gasteiger partial charge on any atom is -0.494 e. The van der Waals surface area contributed by atoms with Crippen molar-refractivity contribution in [1.29, 1.82) is 0 Å². The maximum absolute atomic E-state index is 12.3. The monoisotopic (exact) mass is 397 g/mol. The van der Waals surface area contributed by atoms with Gasteiger partial charge in [-0.3, -0.25) is 4.79 Å². The van der Waals surface area contributed by atoms with Gasteiger partial charge in [0.25, 0.3) is 0 Å². The highest BCUT2D eigenvalue weighted by molar-refractivity contribution is 7.99. The molecule has 1 amide bonds. The van der Waals surface area contributed by atoms with Crippen molar-refractivity contribution in [2.75, 3.05) is 19.4 Å². The van der Waals surface area contributed by atoms with Crippen molar-refractivity contribution in [2.45, 2.75) is 24.9 Å². The second-order valence-electron chi connectivity index (χ2n) is 6.45. The Bertz CT molecular complexity index is 929. The predicted octanol–water partition coefficient (Wildman–Crippen LogP) is 2.99. The van der Waals surface area contributed by atoms with Crippen LogP contribution in [0.2, 0.25) is 0 Å².